The van der Waals surface area contributed by atoms with Crippen LogP contribution < -0.4 is 9.47 Å². The fourth-order valence-corrected chi connectivity index (χ4v) is 4.23. The fraction of sp³-hybridized carbons (Fsp3) is 0.520. The number of nitrogens with zero attached hydrogens (tertiary/aromatic N) is 5. The van der Waals surface area contributed by atoms with E-state index in [-0.39, 0.29) is 30.7 Å². The van der Waals surface area contributed by atoms with Gasteiger partial charge in [0, 0.05) is 77.8 Å². The normalized spacial score (nSPS) is 15.3. The molecule has 0 N–H and O–H groups in total. The van der Waals surface area contributed by atoms with E-state index in [2.05, 4.69) is 20.9 Å². The first-order chi connectivity index (χ1) is 17.1. The molecule has 4 rings (SSSR count). The summed E-state index contributed by atoms with van der Waals surface area (Å²) >= 11 is 0. The minimum atomic E-state index is -0.212. The van der Waals surface area contributed by atoms with Gasteiger partial charge in [-0.2, -0.15) is 0 Å². The van der Waals surface area contributed by atoms with Crippen molar-refractivity contribution >= 4 is 11.8 Å². The summed E-state index contributed by atoms with van der Waals surface area (Å²) in [4.78, 5) is 39.9. The molecule has 2 amide bonds. The smallest absolute Gasteiger partial charge is 0.274 e. The SMILES string of the molecule is CCOCCCN(CCC(=O)N1CCN(Cc2ccc3c(c2)OCO3)CC1)C(=O)c1cnccn1. The summed E-state index contributed by atoms with van der Waals surface area (Å²) in [5.41, 5.74) is 1.45. The summed E-state index contributed by atoms with van der Waals surface area (Å²) in [6.45, 7) is 8.02. The number of hydrogen-bond donors (Lipinski definition) is 0. The van der Waals surface area contributed by atoms with Gasteiger partial charge in [-0.15, -0.1) is 0 Å². The molecule has 188 valence electrons. The summed E-state index contributed by atoms with van der Waals surface area (Å²) in [6, 6.07) is 6.02. The number of fused-ring (bicyclic) bond motifs is 1. The number of benzene rings is 1. The van der Waals surface area contributed by atoms with E-state index < -0.39 is 0 Å². The second kappa shape index (κ2) is 12.5. The van der Waals surface area contributed by atoms with Gasteiger partial charge in [-0.1, -0.05) is 6.07 Å². The lowest BCUT2D eigenvalue weighted by Crippen LogP contribution is -2.49. The Labute approximate surface area is 205 Å². The first-order valence-corrected chi connectivity index (χ1v) is 12.2. The second-order valence-corrected chi connectivity index (χ2v) is 8.53. The topological polar surface area (TPSA) is 97.3 Å². The minimum absolute atomic E-state index is 0.0643. The van der Waals surface area contributed by atoms with Crippen LogP contribution >= 0.6 is 0 Å². The Hall–Kier alpha value is -3.24. The number of hydrogen-bond acceptors (Lipinski definition) is 8. The van der Waals surface area contributed by atoms with Crippen molar-refractivity contribution in [3.63, 3.8) is 0 Å². The van der Waals surface area contributed by atoms with Crippen molar-refractivity contribution in [3.05, 3.63) is 48.0 Å². The molecule has 10 heteroatoms. The average molecular weight is 484 g/mol. The van der Waals surface area contributed by atoms with Gasteiger partial charge in [0.05, 0.1) is 6.20 Å². The maximum absolute atomic E-state index is 12.9. The number of ether oxygens (including phenoxy) is 3. The van der Waals surface area contributed by atoms with Crippen LogP contribution in [-0.4, -0.2) is 95.8 Å². The van der Waals surface area contributed by atoms with E-state index in [0.717, 1.165) is 31.1 Å². The van der Waals surface area contributed by atoms with Crippen molar-refractivity contribution in [2.75, 3.05) is 59.3 Å². The van der Waals surface area contributed by atoms with E-state index in [0.29, 0.717) is 45.8 Å². The molecule has 35 heavy (non-hydrogen) atoms. The number of piperazine rings is 1. The molecule has 1 aromatic heterocycles. The largest absolute Gasteiger partial charge is 0.454 e. The summed E-state index contributed by atoms with van der Waals surface area (Å²) in [7, 11) is 0. The van der Waals surface area contributed by atoms with Crippen LogP contribution in [0.5, 0.6) is 11.5 Å². The molecular weight excluding hydrogens is 450 g/mol. The summed E-state index contributed by atoms with van der Waals surface area (Å²) in [6.07, 6.45) is 5.47. The third-order valence-electron chi connectivity index (χ3n) is 6.15. The van der Waals surface area contributed by atoms with E-state index in [9.17, 15) is 9.59 Å². The Kier molecular flexibility index (Phi) is 8.85. The number of rotatable bonds is 11. The Morgan fingerprint density at radius 1 is 1.09 bits per heavy atom. The third kappa shape index (κ3) is 6.89. The van der Waals surface area contributed by atoms with Crippen LogP contribution in [0.4, 0.5) is 0 Å². The highest BCUT2D eigenvalue weighted by Crippen LogP contribution is 2.32. The van der Waals surface area contributed by atoms with Gasteiger partial charge in [-0.3, -0.25) is 19.5 Å². The van der Waals surface area contributed by atoms with Crippen LogP contribution in [0.25, 0.3) is 0 Å². The van der Waals surface area contributed by atoms with Crippen LogP contribution in [-0.2, 0) is 16.1 Å². The molecular formula is C25H33N5O5. The van der Waals surface area contributed by atoms with E-state index >= 15 is 0 Å². The van der Waals surface area contributed by atoms with E-state index in [1.54, 1.807) is 4.90 Å². The van der Waals surface area contributed by atoms with Gasteiger partial charge in [0.15, 0.2) is 11.5 Å². The lowest BCUT2D eigenvalue weighted by atomic mass is 10.1. The Morgan fingerprint density at radius 3 is 2.69 bits per heavy atom. The van der Waals surface area contributed by atoms with Gasteiger partial charge in [0.2, 0.25) is 12.7 Å². The van der Waals surface area contributed by atoms with Crippen LogP contribution in [0.15, 0.2) is 36.8 Å². The Balaban J connectivity index is 1.25. The molecule has 1 fully saturated rings. The Bertz CT molecular complexity index is 981. The van der Waals surface area contributed by atoms with Crippen molar-refractivity contribution in [1.82, 2.24) is 24.7 Å². The maximum Gasteiger partial charge on any atom is 0.274 e. The lowest BCUT2D eigenvalue weighted by molar-refractivity contribution is -0.133. The van der Waals surface area contributed by atoms with Crippen molar-refractivity contribution < 1.29 is 23.8 Å². The number of amides is 2. The first-order valence-electron chi connectivity index (χ1n) is 12.2. The fourth-order valence-electron chi connectivity index (χ4n) is 4.23. The summed E-state index contributed by atoms with van der Waals surface area (Å²) in [5.74, 6) is 1.43. The van der Waals surface area contributed by atoms with Crippen LogP contribution in [0.3, 0.4) is 0 Å². The van der Waals surface area contributed by atoms with Crippen molar-refractivity contribution in [1.29, 1.82) is 0 Å². The highest BCUT2D eigenvalue weighted by Gasteiger charge is 2.24. The summed E-state index contributed by atoms with van der Waals surface area (Å²) < 4.78 is 16.3. The first kappa shape index (κ1) is 24.9. The van der Waals surface area contributed by atoms with Crippen molar-refractivity contribution in [2.45, 2.75) is 26.3 Å². The highest BCUT2D eigenvalue weighted by atomic mass is 16.7. The third-order valence-corrected chi connectivity index (χ3v) is 6.15. The average Bonchev–Trinajstić information content (AvgIpc) is 3.37. The predicted octanol–water partition coefficient (Wildman–Crippen LogP) is 1.81. The Morgan fingerprint density at radius 2 is 1.91 bits per heavy atom. The van der Waals surface area contributed by atoms with Crippen LogP contribution in [0.2, 0.25) is 0 Å². The van der Waals surface area contributed by atoms with E-state index in [4.69, 9.17) is 14.2 Å². The number of carbonyl (C=O) groups excluding carboxylic acids is 2. The molecule has 1 saturated heterocycles. The van der Waals surface area contributed by atoms with Crippen molar-refractivity contribution in [2.24, 2.45) is 0 Å². The minimum Gasteiger partial charge on any atom is -0.454 e. The molecule has 0 saturated carbocycles. The molecule has 3 heterocycles. The highest BCUT2D eigenvalue weighted by molar-refractivity contribution is 5.92. The zero-order valence-electron chi connectivity index (χ0n) is 20.2. The molecule has 0 spiro atoms. The van der Waals surface area contributed by atoms with Crippen LogP contribution in [0, 0.1) is 0 Å². The van der Waals surface area contributed by atoms with Crippen molar-refractivity contribution in [3.8, 4) is 11.5 Å². The molecule has 0 radical (unpaired) electrons. The van der Waals surface area contributed by atoms with Crippen LogP contribution in [0.1, 0.15) is 35.8 Å². The molecule has 10 nitrogen and oxygen atoms in total. The van der Waals surface area contributed by atoms with Gasteiger partial charge >= 0.3 is 0 Å². The van der Waals surface area contributed by atoms with E-state index in [1.807, 2.05) is 24.0 Å². The molecule has 0 aliphatic carbocycles. The number of carbonyl (C=O) groups is 2. The van der Waals surface area contributed by atoms with E-state index in [1.165, 1.54) is 24.2 Å². The standard InChI is InChI=1S/C25H33N5O5/c1-2-33-15-3-9-30(25(32)21-17-26-7-8-27-21)10-6-24(31)29-13-11-28(12-14-29)18-20-4-5-22-23(16-20)35-19-34-22/h4-5,7-8,16-17H,2-3,6,9-15,18-19H2,1H3. The van der Waals surface area contributed by atoms with Gasteiger partial charge in [-0.25, -0.2) is 4.98 Å². The summed E-state index contributed by atoms with van der Waals surface area (Å²) in [5, 5.41) is 0. The predicted molar refractivity (Wildman–Crippen MR) is 128 cm³/mol. The molecule has 0 bridgehead atoms. The molecule has 2 aliphatic heterocycles. The zero-order valence-corrected chi connectivity index (χ0v) is 20.2. The van der Waals surface area contributed by atoms with Gasteiger partial charge in [-0.05, 0) is 31.0 Å². The number of aromatic nitrogens is 2. The monoisotopic (exact) mass is 483 g/mol. The molecule has 0 unspecified atom stereocenters. The molecule has 2 aromatic rings. The zero-order chi connectivity index (χ0) is 24.5. The van der Waals surface area contributed by atoms with Gasteiger partial charge in [0.25, 0.3) is 5.91 Å². The quantitative estimate of drug-likeness (QED) is 0.447. The van der Waals surface area contributed by atoms with Gasteiger partial charge in [0.1, 0.15) is 5.69 Å². The molecule has 1 aromatic carbocycles. The second-order valence-electron chi connectivity index (χ2n) is 8.53. The van der Waals surface area contributed by atoms with Gasteiger partial charge < -0.3 is 24.0 Å². The molecule has 0 atom stereocenters. The molecule has 2 aliphatic rings. The maximum atomic E-state index is 12.9. The lowest BCUT2D eigenvalue weighted by Gasteiger charge is -2.35.